The molecule has 0 N–H and O–H groups in total. The number of piperazine rings is 1. The van der Waals surface area contributed by atoms with Crippen LogP contribution in [0, 0.1) is 0 Å². The lowest BCUT2D eigenvalue weighted by Crippen LogP contribution is -2.49. The Labute approximate surface area is 73.6 Å². The van der Waals surface area contributed by atoms with Crippen molar-refractivity contribution in [1.29, 1.82) is 0 Å². The first kappa shape index (κ1) is 9.10. The molecular formula is C9H16N2O. The summed E-state index contributed by atoms with van der Waals surface area (Å²) in [5, 5.41) is 0. The molecule has 3 heteroatoms. The highest BCUT2D eigenvalue weighted by atomic mass is 16.2. The van der Waals surface area contributed by atoms with Gasteiger partial charge in [0.15, 0.2) is 0 Å². The highest BCUT2D eigenvalue weighted by Gasteiger charge is 2.21. The Morgan fingerprint density at radius 1 is 1.58 bits per heavy atom. The molecule has 1 heterocycles. The third kappa shape index (κ3) is 1.78. The summed E-state index contributed by atoms with van der Waals surface area (Å²) in [4.78, 5) is 15.3. The summed E-state index contributed by atoms with van der Waals surface area (Å²) in [5.41, 5.74) is 0.985. The van der Waals surface area contributed by atoms with Crippen LogP contribution in [0.25, 0.3) is 0 Å². The molecule has 1 aliphatic rings. The van der Waals surface area contributed by atoms with Crippen molar-refractivity contribution in [1.82, 2.24) is 9.80 Å². The summed E-state index contributed by atoms with van der Waals surface area (Å²) in [5.74, 6) is 0.215. The molecule has 0 unspecified atom stereocenters. The lowest BCUT2D eigenvalue weighted by molar-refractivity contribution is -0.134. The zero-order chi connectivity index (χ0) is 9.14. The molecular weight excluding hydrogens is 152 g/mol. The van der Waals surface area contributed by atoms with Crippen LogP contribution < -0.4 is 0 Å². The quantitative estimate of drug-likeness (QED) is 0.605. The molecule has 0 bridgehead atoms. The van der Waals surface area contributed by atoms with Gasteiger partial charge in [-0.2, -0.15) is 0 Å². The van der Waals surface area contributed by atoms with Gasteiger partial charge in [-0.05, 0) is 13.8 Å². The number of likely N-dealkylation sites (N-methyl/N-ethyl adjacent to an activating group) is 1. The van der Waals surface area contributed by atoms with Crippen LogP contribution in [0.1, 0.15) is 13.8 Å². The molecule has 12 heavy (non-hydrogen) atoms. The largest absolute Gasteiger partial charge is 0.364 e. The van der Waals surface area contributed by atoms with E-state index in [-0.39, 0.29) is 5.91 Å². The van der Waals surface area contributed by atoms with E-state index in [4.69, 9.17) is 0 Å². The SMILES string of the molecule is C=C(C)N1CCN(CC)C(=O)C1. The van der Waals surface area contributed by atoms with Gasteiger partial charge in [-0.15, -0.1) is 0 Å². The monoisotopic (exact) mass is 168 g/mol. The normalized spacial score (nSPS) is 18.3. The molecule has 1 fully saturated rings. The topological polar surface area (TPSA) is 23.6 Å². The maximum atomic E-state index is 11.4. The molecule has 0 saturated carbocycles. The summed E-state index contributed by atoms with van der Waals surface area (Å²) in [6.07, 6.45) is 0. The first-order valence-corrected chi connectivity index (χ1v) is 4.33. The molecule has 1 rings (SSSR count). The van der Waals surface area contributed by atoms with Gasteiger partial charge in [-0.3, -0.25) is 4.79 Å². The molecule has 0 radical (unpaired) electrons. The maximum absolute atomic E-state index is 11.4. The van der Waals surface area contributed by atoms with Crippen LogP contribution in [0.3, 0.4) is 0 Å². The highest BCUT2D eigenvalue weighted by Crippen LogP contribution is 2.07. The van der Waals surface area contributed by atoms with Gasteiger partial charge in [0.05, 0.1) is 6.54 Å². The van der Waals surface area contributed by atoms with Gasteiger partial charge in [0, 0.05) is 25.3 Å². The van der Waals surface area contributed by atoms with Crippen molar-refractivity contribution in [2.75, 3.05) is 26.2 Å². The van der Waals surface area contributed by atoms with Crippen LogP contribution in [0.2, 0.25) is 0 Å². The van der Waals surface area contributed by atoms with Crippen LogP contribution in [0.4, 0.5) is 0 Å². The molecule has 0 aromatic heterocycles. The molecule has 0 atom stereocenters. The standard InChI is InChI=1S/C9H16N2O/c1-4-10-5-6-11(8(2)3)7-9(10)12/h2,4-7H2,1,3H3. The number of carbonyl (C=O) groups excluding carboxylic acids is 1. The molecule has 1 amide bonds. The predicted molar refractivity (Wildman–Crippen MR) is 48.6 cm³/mol. The van der Waals surface area contributed by atoms with Gasteiger partial charge in [-0.1, -0.05) is 6.58 Å². The summed E-state index contributed by atoms with van der Waals surface area (Å²) < 4.78 is 0. The minimum atomic E-state index is 0.215. The van der Waals surface area contributed by atoms with E-state index >= 15 is 0 Å². The highest BCUT2D eigenvalue weighted by molar-refractivity contribution is 5.79. The van der Waals surface area contributed by atoms with Crippen LogP contribution in [0.5, 0.6) is 0 Å². The second-order valence-electron chi connectivity index (χ2n) is 3.13. The molecule has 3 nitrogen and oxygen atoms in total. The van der Waals surface area contributed by atoms with Crippen molar-refractivity contribution in [3.8, 4) is 0 Å². The Kier molecular flexibility index (Phi) is 2.74. The first-order chi connectivity index (χ1) is 5.65. The third-order valence-corrected chi connectivity index (χ3v) is 2.24. The van der Waals surface area contributed by atoms with Crippen molar-refractivity contribution >= 4 is 5.91 Å². The molecule has 1 aliphatic heterocycles. The Morgan fingerprint density at radius 2 is 2.25 bits per heavy atom. The van der Waals surface area contributed by atoms with Crippen LogP contribution in [-0.2, 0) is 4.79 Å². The van der Waals surface area contributed by atoms with Gasteiger partial charge >= 0.3 is 0 Å². The fourth-order valence-electron chi connectivity index (χ4n) is 1.37. The minimum absolute atomic E-state index is 0.215. The number of amides is 1. The fraction of sp³-hybridized carbons (Fsp3) is 0.667. The number of hydrogen-bond donors (Lipinski definition) is 0. The van der Waals surface area contributed by atoms with Crippen molar-refractivity contribution < 1.29 is 4.79 Å². The van der Waals surface area contributed by atoms with E-state index in [1.165, 1.54) is 0 Å². The fourth-order valence-corrected chi connectivity index (χ4v) is 1.37. The van der Waals surface area contributed by atoms with Gasteiger partial charge in [-0.25, -0.2) is 0 Å². The minimum Gasteiger partial charge on any atom is -0.364 e. The first-order valence-electron chi connectivity index (χ1n) is 4.33. The smallest absolute Gasteiger partial charge is 0.242 e. The van der Waals surface area contributed by atoms with Gasteiger partial charge in [0.2, 0.25) is 5.91 Å². The van der Waals surface area contributed by atoms with Gasteiger partial charge < -0.3 is 9.80 Å². The van der Waals surface area contributed by atoms with Crippen LogP contribution in [-0.4, -0.2) is 41.9 Å². The number of nitrogens with zero attached hydrogens (tertiary/aromatic N) is 2. The van der Waals surface area contributed by atoms with E-state index in [9.17, 15) is 4.79 Å². The maximum Gasteiger partial charge on any atom is 0.242 e. The number of hydrogen-bond acceptors (Lipinski definition) is 2. The molecule has 0 aliphatic carbocycles. The van der Waals surface area contributed by atoms with Gasteiger partial charge in [0.25, 0.3) is 0 Å². The summed E-state index contributed by atoms with van der Waals surface area (Å²) in [6.45, 7) is 10.9. The van der Waals surface area contributed by atoms with E-state index < -0.39 is 0 Å². The van der Waals surface area contributed by atoms with E-state index in [1.807, 2.05) is 23.6 Å². The average Bonchev–Trinajstić information content (AvgIpc) is 2.04. The van der Waals surface area contributed by atoms with E-state index in [0.29, 0.717) is 6.54 Å². The Bertz CT molecular complexity index is 201. The van der Waals surface area contributed by atoms with Crippen molar-refractivity contribution in [2.24, 2.45) is 0 Å². The molecule has 0 aromatic carbocycles. The lowest BCUT2D eigenvalue weighted by atomic mass is 10.3. The number of rotatable bonds is 2. The molecule has 68 valence electrons. The molecule has 0 aromatic rings. The zero-order valence-corrected chi connectivity index (χ0v) is 7.84. The van der Waals surface area contributed by atoms with E-state index in [1.54, 1.807) is 0 Å². The summed E-state index contributed by atoms with van der Waals surface area (Å²) in [6, 6.07) is 0. The van der Waals surface area contributed by atoms with Crippen molar-refractivity contribution in [3.63, 3.8) is 0 Å². The van der Waals surface area contributed by atoms with Crippen LogP contribution in [0.15, 0.2) is 12.3 Å². The summed E-state index contributed by atoms with van der Waals surface area (Å²) in [7, 11) is 0. The van der Waals surface area contributed by atoms with Crippen LogP contribution >= 0.6 is 0 Å². The molecule has 1 saturated heterocycles. The average molecular weight is 168 g/mol. The lowest BCUT2D eigenvalue weighted by Gasteiger charge is -2.35. The zero-order valence-electron chi connectivity index (χ0n) is 7.84. The van der Waals surface area contributed by atoms with E-state index in [2.05, 4.69) is 6.58 Å². The number of allylic oxidation sites excluding steroid dienone is 1. The van der Waals surface area contributed by atoms with Crippen molar-refractivity contribution in [3.05, 3.63) is 12.3 Å². The Hall–Kier alpha value is -0.990. The predicted octanol–water partition coefficient (Wildman–Crippen LogP) is 0.684. The summed E-state index contributed by atoms with van der Waals surface area (Å²) >= 11 is 0. The van der Waals surface area contributed by atoms with E-state index in [0.717, 1.165) is 25.3 Å². The molecule has 0 spiro atoms. The Balaban J connectivity index is 2.52. The van der Waals surface area contributed by atoms with Crippen molar-refractivity contribution in [2.45, 2.75) is 13.8 Å². The van der Waals surface area contributed by atoms with Gasteiger partial charge in [0.1, 0.15) is 0 Å². The third-order valence-electron chi connectivity index (χ3n) is 2.24. The Morgan fingerprint density at radius 3 is 2.67 bits per heavy atom. The second kappa shape index (κ2) is 3.61. The number of carbonyl (C=O) groups is 1. The second-order valence-corrected chi connectivity index (χ2v) is 3.13.